The lowest BCUT2D eigenvalue weighted by molar-refractivity contribution is -0.114. The molecule has 1 aromatic heterocycles. The molecule has 26 heavy (non-hydrogen) atoms. The molecule has 0 saturated carbocycles. The lowest BCUT2D eigenvalue weighted by Gasteiger charge is -2.14. The van der Waals surface area contributed by atoms with Gasteiger partial charge in [0.1, 0.15) is 0 Å². The molecule has 1 atom stereocenters. The Hall–Kier alpha value is -2.53. The first-order valence-electron chi connectivity index (χ1n) is 7.76. The lowest BCUT2D eigenvalue weighted by atomic mass is 10.1. The van der Waals surface area contributed by atoms with Crippen LogP contribution >= 0.6 is 11.3 Å². The minimum atomic E-state index is -4.05. The molecule has 0 bridgehead atoms. The fourth-order valence-electron chi connectivity index (χ4n) is 1.88. The monoisotopic (exact) mass is 397 g/mol. The molecule has 9 nitrogen and oxygen atoms in total. The topological polar surface area (TPSA) is 130 Å². The molecule has 0 saturated heterocycles. The third-order valence-corrected chi connectivity index (χ3v) is 5.90. The fraction of sp³-hybridized carbons (Fsp3) is 0.333. The number of sulfonamides is 1. The Kier molecular flexibility index (Phi) is 6.27. The molecule has 0 radical (unpaired) electrons. The number of para-hydroxylation sites is 1. The molecule has 2 amide bonds. The van der Waals surface area contributed by atoms with Gasteiger partial charge < -0.3 is 10.6 Å². The zero-order chi connectivity index (χ0) is 19.3. The van der Waals surface area contributed by atoms with Crippen LogP contribution in [0.25, 0.3) is 0 Å². The Balaban J connectivity index is 2.26. The van der Waals surface area contributed by atoms with Crippen molar-refractivity contribution in [2.24, 2.45) is 0 Å². The molecule has 0 aliphatic carbocycles. The fourth-order valence-corrected chi connectivity index (χ4v) is 3.91. The van der Waals surface area contributed by atoms with E-state index in [1.54, 1.807) is 12.1 Å². The predicted molar refractivity (Wildman–Crippen MR) is 98.7 cm³/mol. The van der Waals surface area contributed by atoms with Gasteiger partial charge in [0.2, 0.25) is 11.0 Å². The number of rotatable bonds is 7. The second-order valence-electron chi connectivity index (χ2n) is 5.49. The van der Waals surface area contributed by atoms with Crippen molar-refractivity contribution in [1.82, 2.24) is 15.5 Å². The molecule has 2 rings (SSSR count). The number of hydrogen-bond donors (Lipinski definition) is 3. The maximum Gasteiger partial charge on any atom is 0.291 e. The number of aromatic nitrogens is 2. The second kappa shape index (κ2) is 8.23. The minimum absolute atomic E-state index is 0.0458. The molecule has 2 aromatic rings. The van der Waals surface area contributed by atoms with Gasteiger partial charge in [-0.15, -0.1) is 10.2 Å². The summed E-state index contributed by atoms with van der Waals surface area (Å²) in [5.41, 5.74) is 0.326. The van der Waals surface area contributed by atoms with Crippen molar-refractivity contribution in [2.45, 2.75) is 37.6 Å². The zero-order valence-electron chi connectivity index (χ0n) is 14.4. The summed E-state index contributed by atoms with van der Waals surface area (Å²) in [6.07, 6.45) is 0.746. The summed E-state index contributed by atoms with van der Waals surface area (Å²) in [5.74, 6) is -0.765. The zero-order valence-corrected chi connectivity index (χ0v) is 16.1. The number of nitrogens with zero attached hydrogens (tertiary/aromatic N) is 2. The molecule has 1 aromatic carbocycles. The number of anilines is 2. The van der Waals surface area contributed by atoms with Gasteiger partial charge in [-0.05, 0) is 25.5 Å². The van der Waals surface area contributed by atoms with Gasteiger partial charge in [-0.1, -0.05) is 30.4 Å². The van der Waals surface area contributed by atoms with Gasteiger partial charge in [0, 0.05) is 13.0 Å². The number of hydrogen-bond acceptors (Lipinski definition) is 7. The maximum atomic E-state index is 12.5. The Bertz CT molecular complexity index is 910. The molecule has 0 aliphatic rings. The number of carbonyl (C=O) groups is 2. The third kappa shape index (κ3) is 4.99. The minimum Gasteiger partial charge on any atom is -0.350 e. The van der Waals surface area contributed by atoms with E-state index in [0.29, 0.717) is 11.3 Å². The average Bonchev–Trinajstić information content (AvgIpc) is 3.03. The van der Waals surface area contributed by atoms with E-state index in [4.69, 9.17) is 0 Å². The summed E-state index contributed by atoms with van der Waals surface area (Å²) in [5, 5.41) is 12.4. The predicted octanol–water partition coefficient (Wildman–Crippen LogP) is 1.83. The van der Waals surface area contributed by atoms with Crippen LogP contribution in [0.15, 0.2) is 28.6 Å². The SMILES string of the molecule is CC[C@@H](C)NC(=O)c1ccccc1NS(=O)(=O)c1nnc(NC(C)=O)s1. The Morgan fingerprint density at radius 3 is 2.58 bits per heavy atom. The van der Waals surface area contributed by atoms with Crippen LogP contribution in [-0.4, -0.2) is 36.5 Å². The highest BCUT2D eigenvalue weighted by molar-refractivity contribution is 7.94. The van der Waals surface area contributed by atoms with E-state index in [9.17, 15) is 18.0 Å². The smallest absolute Gasteiger partial charge is 0.291 e. The van der Waals surface area contributed by atoms with Crippen LogP contribution < -0.4 is 15.4 Å². The van der Waals surface area contributed by atoms with Gasteiger partial charge in [-0.2, -0.15) is 8.42 Å². The van der Waals surface area contributed by atoms with Crippen LogP contribution in [0.2, 0.25) is 0 Å². The maximum absolute atomic E-state index is 12.5. The van der Waals surface area contributed by atoms with E-state index >= 15 is 0 Å². The first-order chi connectivity index (χ1) is 12.2. The molecule has 1 heterocycles. The van der Waals surface area contributed by atoms with E-state index in [0.717, 1.165) is 6.42 Å². The number of carbonyl (C=O) groups excluding carboxylic acids is 2. The molecule has 140 valence electrons. The summed E-state index contributed by atoms with van der Waals surface area (Å²) in [4.78, 5) is 23.4. The van der Waals surface area contributed by atoms with Gasteiger partial charge in [0.25, 0.3) is 20.3 Å². The molecule has 11 heteroatoms. The molecular weight excluding hydrogens is 378 g/mol. The largest absolute Gasteiger partial charge is 0.350 e. The van der Waals surface area contributed by atoms with Crippen LogP contribution in [-0.2, 0) is 14.8 Å². The van der Waals surface area contributed by atoms with Crippen molar-refractivity contribution >= 4 is 44.0 Å². The molecule has 0 fully saturated rings. The van der Waals surface area contributed by atoms with Gasteiger partial charge in [-0.3, -0.25) is 14.3 Å². The summed E-state index contributed by atoms with van der Waals surface area (Å²) in [6, 6.07) is 6.22. The van der Waals surface area contributed by atoms with Gasteiger partial charge in [0.15, 0.2) is 0 Å². The van der Waals surface area contributed by atoms with E-state index in [2.05, 4.69) is 25.6 Å². The Labute approximate surface area is 155 Å². The summed E-state index contributed by atoms with van der Waals surface area (Å²) in [6.45, 7) is 5.07. The van der Waals surface area contributed by atoms with Crippen molar-refractivity contribution in [2.75, 3.05) is 10.0 Å². The quantitative estimate of drug-likeness (QED) is 0.611. The van der Waals surface area contributed by atoms with E-state index < -0.39 is 10.0 Å². The highest BCUT2D eigenvalue weighted by Gasteiger charge is 2.23. The van der Waals surface area contributed by atoms with Crippen molar-refractivity contribution in [3.8, 4) is 0 Å². The first-order valence-corrected chi connectivity index (χ1v) is 10.1. The first kappa shape index (κ1) is 19.8. The van der Waals surface area contributed by atoms with Crippen LogP contribution in [0.5, 0.6) is 0 Å². The highest BCUT2D eigenvalue weighted by Crippen LogP contribution is 2.24. The van der Waals surface area contributed by atoms with E-state index in [1.165, 1.54) is 19.1 Å². The second-order valence-corrected chi connectivity index (χ2v) is 8.32. The standard InChI is InChI=1S/C15H19N5O4S2/c1-4-9(2)16-13(22)11-7-5-6-8-12(11)20-26(23,24)15-19-18-14(25-15)17-10(3)21/h5-9,20H,4H2,1-3H3,(H,16,22)(H,17,18,21)/t9-/m1/s1. The van der Waals surface area contributed by atoms with E-state index in [-0.39, 0.29) is 38.6 Å². The number of benzene rings is 1. The van der Waals surface area contributed by atoms with Crippen molar-refractivity contribution < 1.29 is 18.0 Å². The van der Waals surface area contributed by atoms with Gasteiger partial charge >= 0.3 is 0 Å². The van der Waals surface area contributed by atoms with Crippen LogP contribution in [0.3, 0.4) is 0 Å². The normalized spacial score (nSPS) is 12.3. The van der Waals surface area contributed by atoms with Gasteiger partial charge in [-0.25, -0.2) is 0 Å². The van der Waals surface area contributed by atoms with Crippen LogP contribution in [0.1, 0.15) is 37.6 Å². The lowest BCUT2D eigenvalue weighted by Crippen LogP contribution is -2.32. The Morgan fingerprint density at radius 2 is 1.92 bits per heavy atom. The van der Waals surface area contributed by atoms with Crippen molar-refractivity contribution in [3.63, 3.8) is 0 Å². The van der Waals surface area contributed by atoms with Gasteiger partial charge in [0.05, 0.1) is 11.3 Å². The summed E-state index contributed by atoms with van der Waals surface area (Å²) in [7, 11) is -4.05. The van der Waals surface area contributed by atoms with Crippen molar-refractivity contribution in [1.29, 1.82) is 0 Å². The molecule has 3 N–H and O–H groups in total. The van der Waals surface area contributed by atoms with Crippen LogP contribution in [0, 0.1) is 0 Å². The molecule has 0 unspecified atom stereocenters. The molecule has 0 spiro atoms. The molecular formula is C15H19N5O4S2. The Morgan fingerprint density at radius 1 is 1.23 bits per heavy atom. The summed E-state index contributed by atoms with van der Waals surface area (Å²) < 4.78 is 27.0. The average molecular weight is 397 g/mol. The number of amides is 2. The summed E-state index contributed by atoms with van der Waals surface area (Å²) >= 11 is 0.711. The van der Waals surface area contributed by atoms with E-state index in [1.807, 2.05) is 13.8 Å². The van der Waals surface area contributed by atoms with Crippen LogP contribution in [0.4, 0.5) is 10.8 Å². The highest BCUT2D eigenvalue weighted by atomic mass is 32.2. The van der Waals surface area contributed by atoms with Crippen molar-refractivity contribution in [3.05, 3.63) is 29.8 Å². The number of nitrogens with one attached hydrogen (secondary N) is 3. The third-order valence-electron chi connectivity index (χ3n) is 3.33. The molecule has 0 aliphatic heterocycles.